The molecule has 0 aliphatic heterocycles. The quantitative estimate of drug-likeness (QED) is 0.516. The predicted molar refractivity (Wildman–Crippen MR) is 88.3 cm³/mol. The molecule has 0 rings (SSSR count). The van der Waals surface area contributed by atoms with Gasteiger partial charge in [-0.15, -0.1) is 0 Å². The fraction of sp³-hybridized carbons (Fsp3) is 0.812. The fourth-order valence-electron chi connectivity index (χ4n) is 1.42. The first-order valence-electron chi connectivity index (χ1n) is 8.23. The van der Waals surface area contributed by atoms with Crippen LogP contribution in [0.5, 0.6) is 0 Å². The molecule has 0 saturated heterocycles. The molecule has 0 atom stereocenters. The van der Waals surface area contributed by atoms with E-state index in [0.717, 1.165) is 6.42 Å². The van der Waals surface area contributed by atoms with Gasteiger partial charge >= 0.3 is 145 Å². The van der Waals surface area contributed by atoms with Crippen LogP contribution in [0.15, 0.2) is 0 Å². The van der Waals surface area contributed by atoms with Crippen LogP contribution in [0.2, 0.25) is 4.44 Å². The summed E-state index contributed by atoms with van der Waals surface area (Å²) in [6, 6.07) is 0. The Morgan fingerprint density at radius 2 is 1.04 bits per heavy atom. The summed E-state index contributed by atoms with van der Waals surface area (Å²) < 4.78 is 16.9. The number of unbranched alkanes of at least 4 members (excludes halogenated alkanes) is 1. The molecule has 0 aromatic rings. The van der Waals surface area contributed by atoms with Crippen LogP contribution in [0.3, 0.4) is 0 Å². The van der Waals surface area contributed by atoms with E-state index in [0.29, 0.717) is 10.9 Å². The molecule has 134 valence electrons. The molecule has 0 bridgehead atoms. The molecular weight excluding hydrogens is 407 g/mol. The van der Waals surface area contributed by atoms with Gasteiger partial charge in [0.1, 0.15) is 0 Å². The topological polar surface area (TPSA) is 78.9 Å². The van der Waals surface area contributed by atoms with Gasteiger partial charge in [-0.1, -0.05) is 0 Å². The second kappa shape index (κ2) is 10.2. The SMILES string of the molecule is CCC[CH2][Sn]([O]C(=O)C(C)C)([O]C(=O)C(C)C)[O]C(=O)C(C)C. The van der Waals surface area contributed by atoms with Crippen LogP contribution in [-0.4, -0.2) is 37.5 Å². The first-order chi connectivity index (χ1) is 10.5. The maximum absolute atomic E-state index is 12.1. The van der Waals surface area contributed by atoms with Crippen molar-refractivity contribution in [2.24, 2.45) is 17.8 Å². The fourth-order valence-corrected chi connectivity index (χ4v) is 9.54. The van der Waals surface area contributed by atoms with E-state index < -0.39 is 37.5 Å². The van der Waals surface area contributed by atoms with Crippen molar-refractivity contribution in [3.63, 3.8) is 0 Å². The molecule has 0 aromatic heterocycles. The number of carbonyl (C=O) groups is 3. The van der Waals surface area contributed by atoms with Crippen LogP contribution >= 0.6 is 0 Å². The van der Waals surface area contributed by atoms with Crippen LogP contribution in [0.1, 0.15) is 61.3 Å². The van der Waals surface area contributed by atoms with E-state index in [1.807, 2.05) is 6.92 Å². The number of rotatable bonds is 9. The van der Waals surface area contributed by atoms with E-state index in [2.05, 4.69) is 0 Å². The van der Waals surface area contributed by atoms with E-state index in [-0.39, 0.29) is 17.8 Å². The van der Waals surface area contributed by atoms with Crippen molar-refractivity contribution in [1.82, 2.24) is 0 Å². The van der Waals surface area contributed by atoms with Crippen molar-refractivity contribution in [1.29, 1.82) is 0 Å². The van der Waals surface area contributed by atoms with Crippen molar-refractivity contribution in [3.8, 4) is 0 Å². The summed E-state index contributed by atoms with van der Waals surface area (Å²) in [6.45, 7) is 12.1. The number of hydrogen-bond donors (Lipinski definition) is 0. The predicted octanol–water partition coefficient (Wildman–Crippen LogP) is 3.32. The summed E-state index contributed by atoms with van der Waals surface area (Å²) in [6.07, 6.45) is 1.48. The molecule has 0 saturated carbocycles. The summed E-state index contributed by atoms with van der Waals surface area (Å²) in [5.74, 6) is -2.64. The minimum atomic E-state index is -4.64. The first-order valence-corrected chi connectivity index (χ1v) is 13.7. The van der Waals surface area contributed by atoms with Gasteiger partial charge in [-0.25, -0.2) is 0 Å². The van der Waals surface area contributed by atoms with E-state index in [9.17, 15) is 14.4 Å². The van der Waals surface area contributed by atoms with Gasteiger partial charge in [0.15, 0.2) is 0 Å². The Morgan fingerprint density at radius 1 is 0.739 bits per heavy atom. The summed E-state index contributed by atoms with van der Waals surface area (Å²) in [4.78, 5) is 36.2. The average Bonchev–Trinajstić information content (AvgIpc) is 2.44. The molecule has 0 unspecified atom stereocenters. The molecule has 6 nitrogen and oxygen atoms in total. The minimum absolute atomic E-state index is 0.320. The molecule has 0 radical (unpaired) electrons. The third-order valence-electron chi connectivity index (χ3n) is 3.02. The first kappa shape index (κ1) is 22.2. The zero-order valence-electron chi connectivity index (χ0n) is 15.3. The molecule has 7 heteroatoms. The van der Waals surface area contributed by atoms with Gasteiger partial charge in [-0.2, -0.15) is 0 Å². The zero-order chi connectivity index (χ0) is 18.2. The van der Waals surface area contributed by atoms with E-state index in [1.54, 1.807) is 41.5 Å². The van der Waals surface area contributed by atoms with E-state index in [4.69, 9.17) is 9.22 Å². The Morgan fingerprint density at radius 3 is 1.26 bits per heavy atom. The monoisotopic (exact) mass is 438 g/mol. The molecule has 0 spiro atoms. The van der Waals surface area contributed by atoms with Crippen molar-refractivity contribution < 1.29 is 23.6 Å². The third kappa shape index (κ3) is 8.03. The average molecular weight is 437 g/mol. The van der Waals surface area contributed by atoms with Crippen LogP contribution < -0.4 is 0 Å². The molecule has 0 N–H and O–H groups in total. The van der Waals surface area contributed by atoms with Gasteiger partial charge < -0.3 is 0 Å². The Kier molecular flexibility index (Phi) is 9.80. The normalized spacial score (nSPS) is 11.7. The Hall–Kier alpha value is -0.791. The molecule has 0 amide bonds. The van der Waals surface area contributed by atoms with Crippen molar-refractivity contribution >= 4 is 37.5 Å². The Labute approximate surface area is 144 Å². The summed E-state index contributed by atoms with van der Waals surface area (Å²) in [5, 5.41) is 0. The van der Waals surface area contributed by atoms with Gasteiger partial charge in [0.2, 0.25) is 0 Å². The van der Waals surface area contributed by atoms with Gasteiger partial charge in [0, 0.05) is 0 Å². The Balaban J connectivity index is 5.54. The summed E-state index contributed by atoms with van der Waals surface area (Å²) >= 11 is -4.64. The summed E-state index contributed by atoms with van der Waals surface area (Å²) in [5.41, 5.74) is 0. The molecular formula is C16H30O6Sn. The number of carbonyl (C=O) groups excluding carboxylic acids is 3. The van der Waals surface area contributed by atoms with Crippen LogP contribution in [0, 0.1) is 17.8 Å². The van der Waals surface area contributed by atoms with Gasteiger partial charge in [-0.3, -0.25) is 0 Å². The van der Waals surface area contributed by atoms with Crippen molar-refractivity contribution in [2.45, 2.75) is 65.7 Å². The molecule has 23 heavy (non-hydrogen) atoms. The van der Waals surface area contributed by atoms with E-state index in [1.165, 1.54) is 0 Å². The molecule has 0 fully saturated rings. The third-order valence-corrected chi connectivity index (χ3v) is 10.2. The molecule has 0 aromatic carbocycles. The van der Waals surface area contributed by atoms with Gasteiger partial charge in [-0.05, 0) is 0 Å². The standard InChI is InChI=1S/3C4H8O2.C4H9.Sn/c3*1-3(2)4(5)6;1-3-4-2;/h3*3H,1-2H3,(H,5,6);1,3-4H2,2H3;/q;;;;+3/p-3. The van der Waals surface area contributed by atoms with Crippen molar-refractivity contribution in [3.05, 3.63) is 0 Å². The molecule has 0 heterocycles. The molecule has 0 aliphatic rings. The maximum atomic E-state index is 12.1. The van der Waals surface area contributed by atoms with Crippen molar-refractivity contribution in [2.75, 3.05) is 0 Å². The van der Waals surface area contributed by atoms with Crippen LogP contribution in [-0.2, 0) is 23.6 Å². The second-order valence-corrected chi connectivity index (χ2v) is 13.6. The number of hydrogen-bond acceptors (Lipinski definition) is 6. The Bertz CT molecular complexity index is 362. The molecule has 0 aliphatic carbocycles. The van der Waals surface area contributed by atoms with E-state index >= 15 is 0 Å². The zero-order valence-corrected chi connectivity index (χ0v) is 18.2. The van der Waals surface area contributed by atoms with Crippen LogP contribution in [0.25, 0.3) is 0 Å². The van der Waals surface area contributed by atoms with Crippen LogP contribution in [0.4, 0.5) is 0 Å². The van der Waals surface area contributed by atoms with Gasteiger partial charge in [0.25, 0.3) is 0 Å². The van der Waals surface area contributed by atoms with Gasteiger partial charge in [0.05, 0.1) is 0 Å². The summed E-state index contributed by atoms with van der Waals surface area (Å²) in [7, 11) is 0. The second-order valence-electron chi connectivity index (χ2n) is 6.51.